The van der Waals surface area contributed by atoms with E-state index in [-0.39, 0.29) is 0 Å². The molecule has 0 bridgehead atoms. The summed E-state index contributed by atoms with van der Waals surface area (Å²) < 4.78 is 11.9. The molecule has 0 spiro atoms. The van der Waals surface area contributed by atoms with Crippen LogP contribution < -0.4 is 9.64 Å². The monoisotopic (exact) mass is 369 g/mol. The quantitative estimate of drug-likeness (QED) is 0.760. The molecule has 0 radical (unpaired) electrons. The second-order valence-corrected chi connectivity index (χ2v) is 8.11. The summed E-state index contributed by atoms with van der Waals surface area (Å²) in [5, 5.41) is 10.4. The van der Waals surface area contributed by atoms with Crippen molar-refractivity contribution in [2.45, 2.75) is 29.5 Å². The van der Waals surface area contributed by atoms with Crippen LogP contribution in [0.5, 0.6) is 5.75 Å². The molecular weight excluding hydrogens is 354 g/mol. The highest BCUT2D eigenvalue weighted by Gasteiger charge is 2.19. The van der Waals surface area contributed by atoms with Gasteiger partial charge in [-0.1, -0.05) is 34.7 Å². The Kier molecular flexibility index (Phi) is 4.61. The number of hydrogen-bond acceptors (Lipinski definition) is 7. The molecule has 4 rings (SSSR count). The van der Waals surface area contributed by atoms with Crippen LogP contribution in [0.1, 0.15) is 24.0 Å². The predicted molar refractivity (Wildman–Crippen MR) is 92.7 cm³/mol. The van der Waals surface area contributed by atoms with Crippen molar-refractivity contribution < 1.29 is 9.47 Å². The first-order chi connectivity index (χ1) is 11.3. The average molecular weight is 370 g/mol. The van der Waals surface area contributed by atoms with Gasteiger partial charge in [0.15, 0.2) is 11.1 Å². The normalized spacial score (nSPS) is 17.2. The highest BCUT2D eigenvalue weighted by molar-refractivity contribution is 8.00. The Balaban J connectivity index is 1.48. The fourth-order valence-corrected chi connectivity index (χ4v) is 4.92. The summed E-state index contributed by atoms with van der Waals surface area (Å²) in [6, 6.07) is 3.86. The van der Waals surface area contributed by atoms with Gasteiger partial charge in [-0.2, -0.15) is 0 Å². The van der Waals surface area contributed by atoms with E-state index in [1.54, 1.807) is 23.1 Å². The molecule has 23 heavy (non-hydrogen) atoms. The smallest absolute Gasteiger partial charge is 0.209 e. The van der Waals surface area contributed by atoms with Crippen molar-refractivity contribution in [1.29, 1.82) is 0 Å². The third-order valence-electron chi connectivity index (χ3n) is 3.88. The number of aromatic nitrogens is 2. The molecule has 1 aromatic carbocycles. The van der Waals surface area contributed by atoms with E-state index >= 15 is 0 Å². The van der Waals surface area contributed by atoms with Crippen LogP contribution in [-0.2, 0) is 17.1 Å². The second kappa shape index (κ2) is 6.84. The first kappa shape index (κ1) is 15.5. The maximum atomic E-state index is 6.20. The minimum absolute atomic E-state index is 0.296. The Bertz CT molecular complexity index is 704. The van der Waals surface area contributed by atoms with E-state index in [0.717, 1.165) is 45.2 Å². The van der Waals surface area contributed by atoms with Crippen LogP contribution in [0, 0.1) is 0 Å². The van der Waals surface area contributed by atoms with Crippen LogP contribution in [0.15, 0.2) is 16.5 Å². The zero-order valence-electron chi connectivity index (χ0n) is 12.5. The Morgan fingerprint density at radius 1 is 1.26 bits per heavy atom. The summed E-state index contributed by atoms with van der Waals surface area (Å²) in [7, 11) is 0. The van der Waals surface area contributed by atoms with Crippen molar-refractivity contribution in [2.75, 3.05) is 24.8 Å². The number of anilines is 1. The molecule has 2 aliphatic rings. The molecule has 122 valence electrons. The molecule has 8 heteroatoms. The average Bonchev–Trinajstić information content (AvgIpc) is 3.23. The van der Waals surface area contributed by atoms with Crippen molar-refractivity contribution in [3.63, 3.8) is 0 Å². The van der Waals surface area contributed by atoms with Crippen molar-refractivity contribution in [2.24, 2.45) is 0 Å². The van der Waals surface area contributed by atoms with Gasteiger partial charge < -0.3 is 14.4 Å². The summed E-state index contributed by atoms with van der Waals surface area (Å²) in [6.45, 7) is 3.03. The van der Waals surface area contributed by atoms with E-state index in [1.807, 2.05) is 12.1 Å². The van der Waals surface area contributed by atoms with Crippen LogP contribution in [0.4, 0.5) is 5.13 Å². The number of thioether (sulfide) groups is 1. The summed E-state index contributed by atoms with van der Waals surface area (Å²) in [6.07, 6.45) is 2.49. The first-order valence-electron chi connectivity index (χ1n) is 7.53. The third-order valence-corrected chi connectivity index (χ3v) is 6.26. The lowest BCUT2D eigenvalue weighted by molar-refractivity contribution is -0.0168. The number of nitrogens with zero attached hydrogens (tertiary/aromatic N) is 3. The van der Waals surface area contributed by atoms with E-state index in [2.05, 4.69) is 15.1 Å². The van der Waals surface area contributed by atoms with Gasteiger partial charge in [0.05, 0.1) is 6.61 Å². The third kappa shape index (κ3) is 3.42. The van der Waals surface area contributed by atoms with Crippen LogP contribution >= 0.6 is 34.7 Å². The number of benzene rings is 1. The predicted octanol–water partition coefficient (Wildman–Crippen LogP) is 3.95. The molecule has 0 atom stereocenters. The van der Waals surface area contributed by atoms with Gasteiger partial charge in [0, 0.05) is 35.0 Å². The Morgan fingerprint density at radius 2 is 2.13 bits per heavy atom. The lowest BCUT2D eigenvalue weighted by Gasteiger charge is -2.20. The van der Waals surface area contributed by atoms with E-state index < -0.39 is 0 Å². The molecule has 0 amide bonds. The topological polar surface area (TPSA) is 47.5 Å². The minimum atomic E-state index is 0.296. The van der Waals surface area contributed by atoms with Crippen LogP contribution in [0.25, 0.3) is 0 Å². The second-order valence-electron chi connectivity index (χ2n) is 5.50. The van der Waals surface area contributed by atoms with Crippen molar-refractivity contribution >= 4 is 39.8 Å². The largest absolute Gasteiger partial charge is 0.467 e. The molecule has 1 fully saturated rings. The molecule has 2 aliphatic heterocycles. The van der Waals surface area contributed by atoms with Gasteiger partial charge in [0.2, 0.25) is 5.13 Å². The molecule has 0 unspecified atom stereocenters. The molecule has 5 nitrogen and oxygen atoms in total. The summed E-state index contributed by atoms with van der Waals surface area (Å²) in [4.78, 5) is 2.31. The number of rotatable bonds is 4. The summed E-state index contributed by atoms with van der Waals surface area (Å²) in [5.41, 5.74) is 2.09. The maximum Gasteiger partial charge on any atom is 0.209 e. The number of fused-ring (bicyclic) bond motifs is 1. The number of hydrogen-bond donors (Lipinski definition) is 0. The standard InChI is InChI=1S/C15H16ClN3O2S2/c16-12-5-10-7-20-9-21-13(10)11(6-12)8-22-15-18-17-14(23-15)19-3-1-2-4-19/h5-6H,1-4,7-9H2. The van der Waals surface area contributed by atoms with E-state index in [0.29, 0.717) is 18.4 Å². The fourth-order valence-electron chi connectivity index (χ4n) is 2.80. The van der Waals surface area contributed by atoms with Crippen LogP contribution in [0.2, 0.25) is 5.02 Å². The highest BCUT2D eigenvalue weighted by atomic mass is 35.5. The van der Waals surface area contributed by atoms with Gasteiger partial charge in [-0.25, -0.2) is 0 Å². The molecule has 3 heterocycles. The maximum absolute atomic E-state index is 6.20. The van der Waals surface area contributed by atoms with E-state index in [9.17, 15) is 0 Å². The molecular formula is C15H16ClN3O2S2. The van der Waals surface area contributed by atoms with Crippen molar-refractivity contribution in [3.8, 4) is 5.75 Å². The highest BCUT2D eigenvalue weighted by Crippen LogP contribution is 2.37. The first-order valence-corrected chi connectivity index (χ1v) is 9.71. The Labute approximate surface area is 147 Å². The number of ether oxygens (including phenoxy) is 2. The van der Waals surface area contributed by atoms with Crippen molar-refractivity contribution in [3.05, 3.63) is 28.3 Å². The lowest BCUT2D eigenvalue weighted by Crippen LogP contribution is -2.17. The molecule has 1 aromatic heterocycles. The van der Waals surface area contributed by atoms with Gasteiger partial charge in [0.25, 0.3) is 0 Å². The Hall–Kier alpha value is -1.02. The van der Waals surface area contributed by atoms with Crippen LogP contribution in [-0.4, -0.2) is 30.1 Å². The van der Waals surface area contributed by atoms with E-state index in [1.165, 1.54) is 12.8 Å². The Morgan fingerprint density at radius 3 is 3.00 bits per heavy atom. The molecule has 0 saturated carbocycles. The zero-order chi connectivity index (χ0) is 15.6. The lowest BCUT2D eigenvalue weighted by atomic mass is 10.1. The minimum Gasteiger partial charge on any atom is -0.467 e. The van der Waals surface area contributed by atoms with Gasteiger partial charge in [-0.3, -0.25) is 0 Å². The summed E-state index contributed by atoms with van der Waals surface area (Å²) >= 11 is 9.53. The van der Waals surface area contributed by atoms with Crippen molar-refractivity contribution in [1.82, 2.24) is 10.2 Å². The SMILES string of the molecule is Clc1cc2c(c(CSc3nnc(N4CCCC4)s3)c1)OCOC2. The van der Waals surface area contributed by atoms with Crippen LogP contribution in [0.3, 0.4) is 0 Å². The number of halogens is 1. The molecule has 2 aromatic rings. The molecule has 0 N–H and O–H groups in total. The van der Waals surface area contributed by atoms with Gasteiger partial charge >= 0.3 is 0 Å². The zero-order valence-corrected chi connectivity index (χ0v) is 14.8. The van der Waals surface area contributed by atoms with Gasteiger partial charge in [0.1, 0.15) is 5.75 Å². The summed E-state index contributed by atoms with van der Waals surface area (Å²) in [5.74, 6) is 1.66. The van der Waals surface area contributed by atoms with E-state index in [4.69, 9.17) is 21.1 Å². The van der Waals surface area contributed by atoms with Gasteiger partial charge in [-0.05, 0) is 25.0 Å². The molecule has 0 aliphatic carbocycles. The van der Waals surface area contributed by atoms with Gasteiger partial charge in [-0.15, -0.1) is 10.2 Å². The fraction of sp³-hybridized carbons (Fsp3) is 0.467. The molecule has 1 saturated heterocycles.